The molecule has 4 rings (SSSR count). The van der Waals surface area contributed by atoms with E-state index in [1.54, 1.807) is 36.7 Å². The van der Waals surface area contributed by atoms with Crippen molar-refractivity contribution in [2.45, 2.75) is 5.16 Å². The lowest BCUT2D eigenvalue weighted by molar-refractivity contribution is 0.102. The summed E-state index contributed by atoms with van der Waals surface area (Å²) in [5, 5.41) is 9.12. The largest absolute Gasteiger partial charge is 0.293 e. The monoisotopic (exact) mass is 390 g/mol. The highest BCUT2D eigenvalue weighted by Crippen LogP contribution is 2.28. The van der Waals surface area contributed by atoms with E-state index in [9.17, 15) is 9.18 Å². The molecule has 138 valence electrons. The van der Waals surface area contributed by atoms with Crippen LogP contribution in [0.1, 0.15) is 10.4 Å². The molecule has 2 heterocycles. The van der Waals surface area contributed by atoms with E-state index in [4.69, 9.17) is 0 Å². The summed E-state index contributed by atoms with van der Waals surface area (Å²) >= 11 is 1.29. The molecule has 0 saturated carbocycles. The Morgan fingerprint density at radius 1 is 0.929 bits per heavy atom. The van der Waals surface area contributed by atoms with Crippen molar-refractivity contribution in [3.63, 3.8) is 0 Å². The smallest absolute Gasteiger partial charge is 0.196 e. The summed E-state index contributed by atoms with van der Waals surface area (Å²) in [6.07, 6.45) is 3.34. The summed E-state index contributed by atoms with van der Waals surface area (Å²) in [6.45, 7) is 0. The Balaban J connectivity index is 1.68. The van der Waals surface area contributed by atoms with Crippen molar-refractivity contribution >= 4 is 17.5 Å². The van der Waals surface area contributed by atoms with Crippen LogP contribution in [-0.4, -0.2) is 31.3 Å². The number of carbonyl (C=O) groups excluding carboxylic acids is 1. The lowest BCUT2D eigenvalue weighted by Gasteiger charge is -2.10. The Morgan fingerprint density at radius 2 is 1.64 bits per heavy atom. The minimum atomic E-state index is -0.323. The van der Waals surface area contributed by atoms with Gasteiger partial charge < -0.3 is 0 Å². The normalized spacial score (nSPS) is 10.8. The molecule has 0 bridgehead atoms. The summed E-state index contributed by atoms with van der Waals surface area (Å²) in [7, 11) is 0. The molecular weight excluding hydrogens is 375 g/mol. The molecular formula is C21H15FN4OS. The van der Waals surface area contributed by atoms with Gasteiger partial charge in [0, 0.05) is 29.2 Å². The van der Waals surface area contributed by atoms with E-state index in [-0.39, 0.29) is 17.4 Å². The zero-order valence-electron chi connectivity index (χ0n) is 14.7. The first-order valence-corrected chi connectivity index (χ1v) is 9.54. The van der Waals surface area contributed by atoms with Crippen LogP contribution in [-0.2, 0) is 0 Å². The van der Waals surface area contributed by atoms with Crippen LogP contribution in [0.4, 0.5) is 4.39 Å². The molecule has 0 N–H and O–H groups in total. The van der Waals surface area contributed by atoms with Crippen molar-refractivity contribution in [3.8, 4) is 17.1 Å². The highest BCUT2D eigenvalue weighted by molar-refractivity contribution is 7.99. The van der Waals surface area contributed by atoms with Gasteiger partial charge in [-0.25, -0.2) is 4.39 Å². The number of halogens is 1. The Kier molecular flexibility index (Phi) is 5.25. The quantitative estimate of drug-likeness (QED) is 0.360. The summed E-state index contributed by atoms with van der Waals surface area (Å²) in [5.41, 5.74) is 2.19. The molecule has 4 aromatic rings. The van der Waals surface area contributed by atoms with Crippen molar-refractivity contribution in [1.82, 2.24) is 19.7 Å². The minimum Gasteiger partial charge on any atom is -0.293 e. The van der Waals surface area contributed by atoms with Gasteiger partial charge in [-0.1, -0.05) is 42.1 Å². The lowest BCUT2D eigenvalue weighted by Crippen LogP contribution is -2.05. The number of rotatable bonds is 6. The Labute approximate surface area is 165 Å². The number of carbonyl (C=O) groups is 1. The summed E-state index contributed by atoms with van der Waals surface area (Å²) in [6, 6.07) is 18.9. The van der Waals surface area contributed by atoms with Gasteiger partial charge in [0.1, 0.15) is 5.82 Å². The predicted molar refractivity (Wildman–Crippen MR) is 106 cm³/mol. The molecule has 7 heteroatoms. The molecule has 0 atom stereocenters. The SMILES string of the molecule is O=C(CSc1nnc(-c2ccncc2)n1-c1ccc(F)cc1)c1ccccc1. The molecule has 2 aromatic carbocycles. The number of Topliss-reactive ketones (excluding diaryl/α,β-unsaturated/α-hetero) is 1. The third kappa shape index (κ3) is 3.84. The molecule has 2 aromatic heterocycles. The molecule has 0 aliphatic heterocycles. The Hall–Kier alpha value is -3.32. The minimum absolute atomic E-state index is 0.00437. The van der Waals surface area contributed by atoms with Crippen LogP contribution in [0.5, 0.6) is 0 Å². The Morgan fingerprint density at radius 3 is 2.36 bits per heavy atom. The van der Waals surface area contributed by atoms with Crippen molar-refractivity contribution in [2.75, 3.05) is 5.75 Å². The molecule has 0 radical (unpaired) electrons. The highest BCUT2D eigenvalue weighted by atomic mass is 32.2. The summed E-state index contributed by atoms with van der Waals surface area (Å²) in [5.74, 6) is 0.504. The topological polar surface area (TPSA) is 60.7 Å². The van der Waals surface area contributed by atoms with E-state index < -0.39 is 0 Å². The number of ketones is 1. The number of aromatic nitrogens is 4. The summed E-state index contributed by atoms with van der Waals surface area (Å²) in [4.78, 5) is 16.5. The van der Waals surface area contributed by atoms with Crippen LogP contribution in [0.15, 0.2) is 84.3 Å². The number of hydrogen-bond donors (Lipinski definition) is 0. The van der Waals surface area contributed by atoms with Gasteiger partial charge in [0.25, 0.3) is 0 Å². The van der Waals surface area contributed by atoms with Crippen molar-refractivity contribution < 1.29 is 9.18 Å². The molecule has 0 aliphatic rings. The first kappa shape index (κ1) is 18.1. The average Bonchev–Trinajstić information content (AvgIpc) is 3.18. The third-order valence-electron chi connectivity index (χ3n) is 4.08. The zero-order chi connectivity index (χ0) is 19.3. The predicted octanol–water partition coefficient (Wildman–Crippen LogP) is 4.44. The van der Waals surface area contributed by atoms with Gasteiger partial charge >= 0.3 is 0 Å². The molecule has 0 fully saturated rings. The lowest BCUT2D eigenvalue weighted by atomic mass is 10.2. The Bertz CT molecular complexity index is 1080. The zero-order valence-corrected chi connectivity index (χ0v) is 15.5. The maximum Gasteiger partial charge on any atom is 0.196 e. The summed E-state index contributed by atoms with van der Waals surface area (Å²) < 4.78 is 15.2. The van der Waals surface area contributed by atoms with Crippen LogP contribution >= 0.6 is 11.8 Å². The second-order valence-electron chi connectivity index (χ2n) is 5.93. The number of pyridine rings is 1. The maximum atomic E-state index is 13.4. The standard InChI is InChI=1S/C21H15FN4OS/c22-17-6-8-18(9-7-17)26-20(16-10-12-23-13-11-16)24-25-21(26)28-14-19(27)15-4-2-1-3-5-15/h1-13H,14H2. The van der Waals surface area contributed by atoms with Gasteiger partial charge in [0.05, 0.1) is 5.75 Å². The number of benzene rings is 2. The van der Waals surface area contributed by atoms with E-state index in [0.717, 1.165) is 5.56 Å². The maximum absolute atomic E-state index is 13.4. The highest BCUT2D eigenvalue weighted by Gasteiger charge is 2.17. The van der Waals surface area contributed by atoms with Gasteiger partial charge in [-0.3, -0.25) is 14.3 Å². The van der Waals surface area contributed by atoms with Gasteiger partial charge in [-0.05, 0) is 36.4 Å². The average molecular weight is 390 g/mol. The van der Waals surface area contributed by atoms with Crippen molar-refractivity contribution in [1.29, 1.82) is 0 Å². The van der Waals surface area contributed by atoms with E-state index in [1.165, 1.54) is 23.9 Å². The van der Waals surface area contributed by atoms with E-state index in [2.05, 4.69) is 15.2 Å². The van der Waals surface area contributed by atoms with Crippen LogP contribution < -0.4 is 0 Å². The number of hydrogen-bond acceptors (Lipinski definition) is 5. The molecule has 0 saturated heterocycles. The fourth-order valence-corrected chi connectivity index (χ4v) is 3.56. The van der Waals surface area contributed by atoms with Gasteiger partial charge in [-0.2, -0.15) is 0 Å². The molecule has 28 heavy (non-hydrogen) atoms. The second kappa shape index (κ2) is 8.14. The molecule has 5 nitrogen and oxygen atoms in total. The van der Waals surface area contributed by atoms with Crippen LogP contribution in [0.2, 0.25) is 0 Å². The van der Waals surface area contributed by atoms with E-state index in [1.807, 2.05) is 34.9 Å². The third-order valence-corrected chi connectivity index (χ3v) is 5.01. The molecule has 0 spiro atoms. The molecule has 0 unspecified atom stereocenters. The van der Waals surface area contributed by atoms with Crippen LogP contribution in [0.25, 0.3) is 17.1 Å². The first-order chi connectivity index (χ1) is 13.7. The molecule has 0 aliphatic carbocycles. The van der Waals surface area contributed by atoms with E-state index in [0.29, 0.717) is 22.2 Å². The number of thioether (sulfide) groups is 1. The fraction of sp³-hybridized carbons (Fsp3) is 0.0476. The van der Waals surface area contributed by atoms with Gasteiger partial charge in [-0.15, -0.1) is 10.2 Å². The second-order valence-corrected chi connectivity index (χ2v) is 6.87. The van der Waals surface area contributed by atoms with Crippen molar-refractivity contribution in [2.24, 2.45) is 0 Å². The van der Waals surface area contributed by atoms with Crippen LogP contribution in [0, 0.1) is 5.82 Å². The van der Waals surface area contributed by atoms with Crippen LogP contribution in [0.3, 0.4) is 0 Å². The molecule has 0 amide bonds. The number of nitrogens with zero attached hydrogens (tertiary/aromatic N) is 4. The van der Waals surface area contributed by atoms with Gasteiger partial charge in [0.2, 0.25) is 0 Å². The fourth-order valence-electron chi connectivity index (χ4n) is 2.71. The first-order valence-electron chi connectivity index (χ1n) is 8.55. The van der Waals surface area contributed by atoms with Crippen molar-refractivity contribution in [3.05, 3.63) is 90.5 Å². The van der Waals surface area contributed by atoms with E-state index >= 15 is 0 Å². The van der Waals surface area contributed by atoms with Gasteiger partial charge in [0.15, 0.2) is 16.8 Å².